The van der Waals surface area contributed by atoms with E-state index < -0.39 is 5.60 Å². The van der Waals surface area contributed by atoms with Gasteiger partial charge in [0.05, 0.1) is 11.3 Å². The number of carbonyl (C=O) groups excluding carboxylic acids is 1. The van der Waals surface area contributed by atoms with Crippen molar-refractivity contribution < 1.29 is 9.90 Å². The molecule has 1 aliphatic rings. The van der Waals surface area contributed by atoms with Gasteiger partial charge in [-0.05, 0) is 45.6 Å². The van der Waals surface area contributed by atoms with E-state index in [0.29, 0.717) is 13.1 Å². The Morgan fingerprint density at radius 1 is 1.45 bits per heavy atom. The minimum absolute atomic E-state index is 0.210. The third-order valence-corrected chi connectivity index (χ3v) is 3.80. The molecular weight excluding hydrogens is 256 g/mol. The van der Waals surface area contributed by atoms with Crippen LogP contribution in [-0.4, -0.2) is 39.6 Å². The number of hydrogen-bond donors (Lipinski definition) is 3. The van der Waals surface area contributed by atoms with Gasteiger partial charge in [-0.2, -0.15) is 5.10 Å². The second-order valence-electron chi connectivity index (χ2n) is 5.69. The van der Waals surface area contributed by atoms with Gasteiger partial charge in [-0.1, -0.05) is 0 Å². The van der Waals surface area contributed by atoms with Gasteiger partial charge in [-0.15, -0.1) is 0 Å². The first-order chi connectivity index (χ1) is 9.48. The van der Waals surface area contributed by atoms with Crippen molar-refractivity contribution in [2.24, 2.45) is 0 Å². The highest BCUT2D eigenvalue weighted by Crippen LogP contribution is 2.30. The quantitative estimate of drug-likeness (QED) is 0.683. The maximum atomic E-state index is 11.6. The highest BCUT2D eigenvalue weighted by atomic mass is 16.3. The van der Waals surface area contributed by atoms with Gasteiger partial charge in [-0.3, -0.25) is 4.68 Å². The summed E-state index contributed by atoms with van der Waals surface area (Å²) >= 11 is 0. The summed E-state index contributed by atoms with van der Waals surface area (Å²) in [6.45, 7) is 5.74. The molecule has 0 spiro atoms. The highest BCUT2D eigenvalue weighted by Gasteiger charge is 2.34. The van der Waals surface area contributed by atoms with E-state index in [2.05, 4.69) is 15.7 Å². The van der Waals surface area contributed by atoms with Crippen LogP contribution in [0.2, 0.25) is 0 Å². The van der Waals surface area contributed by atoms with Crippen LogP contribution in [0.1, 0.15) is 37.1 Å². The monoisotopic (exact) mass is 280 g/mol. The van der Waals surface area contributed by atoms with Crippen LogP contribution in [0.25, 0.3) is 0 Å². The van der Waals surface area contributed by atoms with Crippen molar-refractivity contribution in [1.29, 1.82) is 0 Å². The first-order valence-electron chi connectivity index (χ1n) is 7.24. The molecule has 1 heterocycles. The standard InChI is InChI=1S/C14H24N4O2/c1-11-9-12(2)18(17-11)8-4-7-15-13(19)16-10-14(20)5-3-6-14/h9,20H,3-8,10H2,1-2H3,(H2,15,16,19). The van der Waals surface area contributed by atoms with Crippen LogP contribution in [0.4, 0.5) is 4.79 Å². The molecular formula is C14H24N4O2. The van der Waals surface area contributed by atoms with Crippen molar-refractivity contribution in [3.8, 4) is 0 Å². The molecule has 112 valence electrons. The van der Waals surface area contributed by atoms with Crippen molar-refractivity contribution >= 4 is 6.03 Å². The molecule has 0 radical (unpaired) electrons. The topological polar surface area (TPSA) is 79.2 Å². The van der Waals surface area contributed by atoms with Crippen LogP contribution in [-0.2, 0) is 6.54 Å². The number of nitrogens with one attached hydrogen (secondary N) is 2. The van der Waals surface area contributed by atoms with E-state index in [4.69, 9.17) is 0 Å². The molecule has 6 heteroatoms. The summed E-state index contributed by atoms with van der Waals surface area (Å²) in [7, 11) is 0. The molecule has 1 aliphatic carbocycles. The largest absolute Gasteiger partial charge is 0.388 e. The second-order valence-corrected chi connectivity index (χ2v) is 5.69. The van der Waals surface area contributed by atoms with Crippen LogP contribution in [0.15, 0.2) is 6.07 Å². The second kappa shape index (κ2) is 6.26. The molecule has 0 unspecified atom stereocenters. The SMILES string of the molecule is Cc1cc(C)n(CCCNC(=O)NCC2(O)CCC2)n1. The molecule has 2 amide bonds. The molecule has 0 bridgehead atoms. The summed E-state index contributed by atoms with van der Waals surface area (Å²) in [5.41, 5.74) is 1.49. The summed E-state index contributed by atoms with van der Waals surface area (Å²) in [4.78, 5) is 11.6. The maximum absolute atomic E-state index is 11.6. The number of urea groups is 1. The Bertz CT molecular complexity index is 466. The van der Waals surface area contributed by atoms with E-state index >= 15 is 0 Å². The number of rotatable bonds is 6. The molecule has 1 fully saturated rings. The van der Waals surface area contributed by atoms with E-state index in [1.165, 1.54) is 0 Å². The van der Waals surface area contributed by atoms with Crippen LogP contribution in [0.3, 0.4) is 0 Å². The minimum Gasteiger partial charge on any atom is -0.388 e. The lowest BCUT2D eigenvalue weighted by Crippen LogP contribution is -2.50. The van der Waals surface area contributed by atoms with Gasteiger partial charge in [0, 0.05) is 25.3 Å². The fourth-order valence-electron chi connectivity index (χ4n) is 2.40. The van der Waals surface area contributed by atoms with E-state index in [1.54, 1.807) is 0 Å². The van der Waals surface area contributed by atoms with Crippen LogP contribution in [0, 0.1) is 13.8 Å². The molecule has 1 aromatic heterocycles. The zero-order chi connectivity index (χ0) is 14.6. The molecule has 6 nitrogen and oxygen atoms in total. The third-order valence-electron chi connectivity index (χ3n) is 3.80. The molecule has 1 aromatic rings. The van der Waals surface area contributed by atoms with E-state index in [1.807, 2.05) is 24.6 Å². The van der Waals surface area contributed by atoms with Gasteiger partial charge in [-0.25, -0.2) is 4.79 Å². The lowest BCUT2D eigenvalue weighted by atomic mass is 9.80. The first kappa shape index (κ1) is 14.8. The Hall–Kier alpha value is -1.56. The molecule has 0 atom stereocenters. The number of nitrogens with zero attached hydrogens (tertiary/aromatic N) is 2. The smallest absolute Gasteiger partial charge is 0.314 e. The number of aromatic nitrogens is 2. The van der Waals surface area contributed by atoms with Crippen molar-refractivity contribution in [3.63, 3.8) is 0 Å². The number of aryl methyl sites for hydroxylation is 3. The predicted octanol–water partition coefficient (Wildman–Crippen LogP) is 1.10. The molecule has 1 saturated carbocycles. The molecule has 2 rings (SSSR count). The molecule has 20 heavy (non-hydrogen) atoms. The average Bonchev–Trinajstić information content (AvgIpc) is 2.68. The third kappa shape index (κ3) is 3.96. The number of hydrogen-bond acceptors (Lipinski definition) is 3. The molecule has 0 aromatic carbocycles. The van der Waals surface area contributed by atoms with Gasteiger partial charge < -0.3 is 15.7 Å². The number of carbonyl (C=O) groups is 1. The minimum atomic E-state index is -0.666. The summed E-state index contributed by atoms with van der Waals surface area (Å²) < 4.78 is 1.95. The zero-order valence-electron chi connectivity index (χ0n) is 12.3. The lowest BCUT2D eigenvalue weighted by Gasteiger charge is -2.36. The van der Waals surface area contributed by atoms with Gasteiger partial charge >= 0.3 is 6.03 Å². The molecule has 3 N–H and O–H groups in total. The highest BCUT2D eigenvalue weighted by molar-refractivity contribution is 5.73. The number of aliphatic hydroxyl groups is 1. The average molecular weight is 280 g/mol. The molecule has 0 saturated heterocycles. The van der Waals surface area contributed by atoms with E-state index in [9.17, 15) is 9.90 Å². The Morgan fingerprint density at radius 2 is 2.20 bits per heavy atom. The Morgan fingerprint density at radius 3 is 2.75 bits per heavy atom. The fourth-order valence-corrected chi connectivity index (χ4v) is 2.40. The Kier molecular flexibility index (Phi) is 4.65. The zero-order valence-corrected chi connectivity index (χ0v) is 12.3. The first-order valence-corrected chi connectivity index (χ1v) is 7.24. The Labute approximate surface area is 119 Å². The van der Waals surface area contributed by atoms with Crippen molar-refractivity contribution in [2.45, 2.75) is 51.7 Å². The van der Waals surface area contributed by atoms with Gasteiger partial charge in [0.1, 0.15) is 0 Å². The van der Waals surface area contributed by atoms with Crippen molar-refractivity contribution in [2.75, 3.05) is 13.1 Å². The fraction of sp³-hybridized carbons (Fsp3) is 0.714. The van der Waals surface area contributed by atoms with Crippen LogP contribution < -0.4 is 10.6 Å². The van der Waals surface area contributed by atoms with Gasteiger partial charge in [0.15, 0.2) is 0 Å². The van der Waals surface area contributed by atoms with E-state index in [-0.39, 0.29) is 6.03 Å². The lowest BCUT2D eigenvalue weighted by molar-refractivity contribution is -0.0290. The van der Waals surface area contributed by atoms with Gasteiger partial charge in [0.25, 0.3) is 0 Å². The summed E-state index contributed by atoms with van der Waals surface area (Å²) in [6.07, 6.45) is 3.44. The maximum Gasteiger partial charge on any atom is 0.314 e. The van der Waals surface area contributed by atoms with E-state index in [0.717, 1.165) is 43.6 Å². The summed E-state index contributed by atoms with van der Waals surface area (Å²) in [5.74, 6) is 0. The Balaban J connectivity index is 1.58. The normalized spacial score (nSPS) is 16.6. The number of amides is 2. The summed E-state index contributed by atoms with van der Waals surface area (Å²) in [6, 6.07) is 1.83. The van der Waals surface area contributed by atoms with Crippen LogP contribution >= 0.6 is 0 Å². The summed E-state index contributed by atoms with van der Waals surface area (Å²) in [5, 5.41) is 19.7. The van der Waals surface area contributed by atoms with Crippen molar-refractivity contribution in [1.82, 2.24) is 20.4 Å². The molecule has 0 aliphatic heterocycles. The van der Waals surface area contributed by atoms with Crippen molar-refractivity contribution in [3.05, 3.63) is 17.5 Å². The van der Waals surface area contributed by atoms with Crippen LogP contribution in [0.5, 0.6) is 0 Å². The van der Waals surface area contributed by atoms with Gasteiger partial charge in [0.2, 0.25) is 0 Å². The predicted molar refractivity (Wildman–Crippen MR) is 76.5 cm³/mol.